The van der Waals surface area contributed by atoms with Crippen molar-refractivity contribution in [3.8, 4) is 5.75 Å². The highest BCUT2D eigenvalue weighted by atomic mass is 19.1. The van der Waals surface area contributed by atoms with Gasteiger partial charge in [0.2, 0.25) is 0 Å². The molecule has 2 fully saturated rings. The van der Waals surface area contributed by atoms with Crippen LogP contribution in [0.5, 0.6) is 5.75 Å². The van der Waals surface area contributed by atoms with E-state index >= 15 is 0 Å². The van der Waals surface area contributed by atoms with Crippen molar-refractivity contribution in [2.24, 2.45) is 11.8 Å². The van der Waals surface area contributed by atoms with Crippen molar-refractivity contribution in [1.29, 1.82) is 0 Å². The Labute approximate surface area is 240 Å². The zero-order valence-corrected chi connectivity index (χ0v) is 24.1. The first-order chi connectivity index (χ1) is 19.4. The van der Waals surface area contributed by atoms with Crippen LogP contribution < -0.4 is 4.74 Å². The number of halogens is 1. The third-order valence-corrected chi connectivity index (χ3v) is 7.61. The van der Waals surface area contributed by atoms with Gasteiger partial charge in [0.1, 0.15) is 23.2 Å². The molecule has 0 N–H and O–H groups in total. The van der Waals surface area contributed by atoms with Crippen molar-refractivity contribution >= 4 is 23.6 Å². The van der Waals surface area contributed by atoms with Gasteiger partial charge in [-0.15, -0.1) is 0 Å². The van der Waals surface area contributed by atoms with Gasteiger partial charge in [0.25, 0.3) is 5.91 Å². The number of carbonyl (C=O) groups excluding carboxylic acids is 4. The lowest BCUT2D eigenvalue weighted by atomic mass is 9.88. The summed E-state index contributed by atoms with van der Waals surface area (Å²) in [7, 11) is 1.57. The number of carbonyl (C=O) groups is 4. The van der Waals surface area contributed by atoms with Crippen molar-refractivity contribution < 1.29 is 33.0 Å². The van der Waals surface area contributed by atoms with Crippen molar-refractivity contribution in [2.75, 3.05) is 33.3 Å². The molecule has 2 aliphatic rings. The van der Waals surface area contributed by atoms with E-state index in [0.29, 0.717) is 55.8 Å². The second-order valence-corrected chi connectivity index (χ2v) is 11.7. The van der Waals surface area contributed by atoms with E-state index in [1.165, 1.54) is 17.2 Å². The highest BCUT2D eigenvalue weighted by Gasteiger charge is 2.35. The topological polar surface area (TPSA) is 106 Å². The Bertz CT molecular complexity index is 1250. The van der Waals surface area contributed by atoms with Crippen LogP contribution in [-0.4, -0.2) is 83.4 Å². The smallest absolute Gasteiger partial charge is 0.410 e. The first-order valence-electron chi connectivity index (χ1n) is 14.0. The molecule has 220 valence electrons. The number of methoxy groups -OCH3 is 1. The van der Waals surface area contributed by atoms with Crippen LogP contribution in [0.15, 0.2) is 42.6 Å². The molecule has 2 aliphatic heterocycles. The van der Waals surface area contributed by atoms with Gasteiger partial charge in [0, 0.05) is 55.2 Å². The molecule has 10 heteroatoms. The van der Waals surface area contributed by atoms with Gasteiger partial charge in [-0.2, -0.15) is 0 Å². The SMILES string of the molecule is COc1ccc(C(=O)C2CCN(C(=O)c3ccc(C(=O)C[C@@H]4CCN(C(=O)OC(C)(C)C)C[C@H]4F)cn3)CC2)cc1. The van der Waals surface area contributed by atoms with Gasteiger partial charge < -0.3 is 19.3 Å². The molecule has 1 aromatic carbocycles. The highest BCUT2D eigenvalue weighted by Crippen LogP contribution is 2.27. The molecular formula is C31H38FN3O6. The number of ether oxygens (including phenoxy) is 2. The Morgan fingerprint density at radius 2 is 1.56 bits per heavy atom. The van der Waals surface area contributed by atoms with Gasteiger partial charge in [-0.05, 0) is 76.4 Å². The fourth-order valence-corrected chi connectivity index (χ4v) is 5.21. The van der Waals surface area contributed by atoms with Crippen LogP contribution in [0.2, 0.25) is 0 Å². The molecule has 1 aromatic heterocycles. The maximum atomic E-state index is 14.9. The van der Waals surface area contributed by atoms with E-state index in [4.69, 9.17) is 9.47 Å². The number of aromatic nitrogens is 1. The van der Waals surface area contributed by atoms with Gasteiger partial charge in [0.15, 0.2) is 11.6 Å². The van der Waals surface area contributed by atoms with Gasteiger partial charge >= 0.3 is 6.09 Å². The zero-order valence-electron chi connectivity index (χ0n) is 24.1. The first kappa shape index (κ1) is 30.1. The molecule has 2 saturated heterocycles. The number of Topliss-reactive ketones (excluding diaryl/α,β-unsaturated/α-hetero) is 2. The van der Waals surface area contributed by atoms with Crippen LogP contribution >= 0.6 is 0 Å². The lowest BCUT2D eigenvalue weighted by molar-refractivity contribution is 0.00516. The number of rotatable bonds is 7. The maximum absolute atomic E-state index is 14.9. The number of likely N-dealkylation sites (tertiary alicyclic amines) is 2. The minimum atomic E-state index is -1.34. The molecule has 0 aliphatic carbocycles. The molecule has 0 saturated carbocycles. The number of pyridine rings is 1. The summed E-state index contributed by atoms with van der Waals surface area (Å²) in [6.45, 7) is 6.35. The lowest BCUT2D eigenvalue weighted by Gasteiger charge is -2.35. The Morgan fingerprint density at radius 1 is 0.927 bits per heavy atom. The second kappa shape index (κ2) is 12.8. The van der Waals surface area contributed by atoms with Gasteiger partial charge in [-0.25, -0.2) is 9.18 Å². The van der Waals surface area contributed by atoms with Crippen LogP contribution in [-0.2, 0) is 4.74 Å². The maximum Gasteiger partial charge on any atom is 0.410 e. The number of piperidine rings is 2. The van der Waals surface area contributed by atoms with Crippen molar-refractivity contribution in [1.82, 2.24) is 14.8 Å². The Morgan fingerprint density at radius 3 is 2.12 bits per heavy atom. The summed E-state index contributed by atoms with van der Waals surface area (Å²) in [6, 6.07) is 10.1. The largest absolute Gasteiger partial charge is 0.497 e. The molecule has 2 atom stereocenters. The molecule has 9 nitrogen and oxygen atoms in total. The number of nitrogens with zero attached hydrogens (tertiary/aromatic N) is 3. The Hall–Kier alpha value is -3.82. The molecule has 0 spiro atoms. The number of benzene rings is 1. The van der Waals surface area contributed by atoms with Crippen LogP contribution in [0.25, 0.3) is 0 Å². The van der Waals surface area contributed by atoms with Crippen LogP contribution in [0, 0.1) is 11.8 Å². The number of ketones is 2. The molecule has 0 unspecified atom stereocenters. The fourth-order valence-electron chi connectivity index (χ4n) is 5.21. The van der Waals surface area contributed by atoms with Crippen molar-refractivity contribution in [3.05, 3.63) is 59.4 Å². The highest BCUT2D eigenvalue weighted by molar-refractivity contribution is 5.99. The number of amides is 2. The van der Waals surface area contributed by atoms with E-state index in [0.717, 1.165) is 0 Å². The lowest BCUT2D eigenvalue weighted by Crippen LogP contribution is -2.47. The minimum absolute atomic E-state index is 0.00592. The summed E-state index contributed by atoms with van der Waals surface area (Å²) in [5, 5.41) is 0. The summed E-state index contributed by atoms with van der Waals surface area (Å²) in [5.74, 6) is -0.424. The van der Waals surface area contributed by atoms with Gasteiger partial charge in [0.05, 0.1) is 13.7 Å². The van der Waals surface area contributed by atoms with E-state index in [9.17, 15) is 23.6 Å². The summed E-state index contributed by atoms with van der Waals surface area (Å²) < 4.78 is 25.3. The molecule has 3 heterocycles. The summed E-state index contributed by atoms with van der Waals surface area (Å²) in [5.41, 5.74) is 0.497. The third kappa shape index (κ3) is 7.68. The normalized spacial score (nSPS) is 19.9. The molecular weight excluding hydrogens is 529 g/mol. The van der Waals surface area contributed by atoms with Crippen LogP contribution in [0.1, 0.15) is 77.7 Å². The summed E-state index contributed by atoms with van der Waals surface area (Å²) >= 11 is 0. The predicted molar refractivity (Wildman–Crippen MR) is 150 cm³/mol. The standard InChI is InChI=1S/C31H38FN3O6/c1-31(2,3)41-30(39)35-16-13-22(25(32)19-35)17-27(36)23-7-10-26(33-18-23)29(38)34-14-11-21(12-15-34)28(37)20-5-8-24(40-4)9-6-20/h5-10,18,21-22,25H,11-17,19H2,1-4H3/t22-,25+/m0/s1. The number of hydrogen-bond donors (Lipinski definition) is 0. The van der Waals surface area contributed by atoms with Crippen molar-refractivity contribution in [3.63, 3.8) is 0 Å². The zero-order chi connectivity index (χ0) is 29.7. The molecule has 2 amide bonds. The number of hydrogen-bond acceptors (Lipinski definition) is 7. The molecule has 2 aromatic rings. The average Bonchev–Trinajstić information content (AvgIpc) is 2.96. The van der Waals surface area contributed by atoms with Gasteiger partial charge in [-0.1, -0.05) is 0 Å². The minimum Gasteiger partial charge on any atom is -0.497 e. The van der Waals surface area contributed by atoms with Crippen LogP contribution in [0.3, 0.4) is 0 Å². The second-order valence-electron chi connectivity index (χ2n) is 11.7. The fraction of sp³-hybridized carbons (Fsp3) is 0.516. The first-order valence-corrected chi connectivity index (χ1v) is 14.0. The average molecular weight is 568 g/mol. The van der Waals surface area contributed by atoms with E-state index in [2.05, 4.69) is 4.98 Å². The quantitative estimate of drug-likeness (QED) is 0.434. The Balaban J connectivity index is 1.26. The van der Waals surface area contributed by atoms with E-state index in [-0.39, 0.29) is 42.1 Å². The molecule has 4 rings (SSSR count). The number of alkyl halides is 1. The third-order valence-electron chi connectivity index (χ3n) is 7.61. The monoisotopic (exact) mass is 567 g/mol. The molecule has 0 radical (unpaired) electrons. The van der Waals surface area contributed by atoms with E-state index < -0.39 is 23.8 Å². The van der Waals surface area contributed by atoms with E-state index in [1.54, 1.807) is 63.1 Å². The van der Waals surface area contributed by atoms with Crippen molar-refractivity contribution in [2.45, 2.75) is 58.2 Å². The van der Waals surface area contributed by atoms with Gasteiger partial charge in [-0.3, -0.25) is 19.4 Å². The Kier molecular flexibility index (Phi) is 9.40. The summed E-state index contributed by atoms with van der Waals surface area (Å²) in [4.78, 5) is 58.2. The van der Waals surface area contributed by atoms with E-state index in [1.807, 2.05) is 0 Å². The summed E-state index contributed by atoms with van der Waals surface area (Å²) in [6.07, 6.45) is 0.935. The predicted octanol–water partition coefficient (Wildman–Crippen LogP) is 4.99. The van der Waals surface area contributed by atoms with Crippen LogP contribution in [0.4, 0.5) is 9.18 Å². The molecule has 41 heavy (non-hydrogen) atoms. The molecule has 0 bridgehead atoms.